The number of carbonyl (C=O) groups is 2. The molecule has 0 bridgehead atoms. The topological polar surface area (TPSA) is 114 Å². The minimum absolute atomic E-state index is 0.0197. The molecule has 0 radical (unpaired) electrons. The number of phosphoric ester groups is 1. The molecule has 9 nitrogen and oxygen atoms in total. The molecule has 0 fully saturated rings. The fraction of sp³-hybridized carbons (Fsp3) is 0.875. The third-order valence-corrected chi connectivity index (χ3v) is 19.0. The van der Waals surface area contributed by atoms with Crippen LogP contribution in [0.1, 0.15) is 400 Å². The third-order valence-electron chi connectivity index (χ3n) is 18.0. The van der Waals surface area contributed by atoms with E-state index >= 15 is 0 Å². The Balaban J connectivity index is 4.91. The van der Waals surface area contributed by atoms with E-state index in [0.717, 1.165) is 70.6 Å². The Labute approximate surface area is 560 Å². The van der Waals surface area contributed by atoms with Crippen LogP contribution in [0.5, 0.6) is 0 Å². The first kappa shape index (κ1) is 88.0. The van der Waals surface area contributed by atoms with Gasteiger partial charge >= 0.3 is 5.97 Å². The molecule has 0 aromatic rings. The van der Waals surface area contributed by atoms with E-state index in [0.29, 0.717) is 17.4 Å². The van der Waals surface area contributed by atoms with Gasteiger partial charge < -0.3 is 28.5 Å². The molecule has 0 aliphatic rings. The fourth-order valence-corrected chi connectivity index (χ4v) is 12.7. The van der Waals surface area contributed by atoms with Crippen molar-refractivity contribution in [2.45, 2.75) is 412 Å². The van der Waals surface area contributed by atoms with Gasteiger partial charge in [-0.25, -0.2) is 0 Å². The quantitative estimate of drug-likeness (QED) is 0.0212. The lowest BCUT2D eigenvalue weighted by Gasteiger charge is -2.30. The van der Waals surface area contributed by atoms with Gasteiger partial charge in [-0.15, -0.1) is 0 Å². The van der Waals surface area contributed by atoms with E-state index in [9.17, 15) is 19.0 Å². The highest BCUT2D eigenvalue weighted by Crippen LogP contribution is 2.38. The zero-order chi connectivity index (χ0) is 65.6. The van der Waals surface area contributed by atoms with Crippen molar-refractivity contribution in [3.05, 3.63) is 48.6 Å². The number of phosphoric acid groups is 1. The molecule has 1 amide bonds. The van der Waals surface area contributed by atoms with Gasteiger partial charge in [0.2, 0.25) is 5.91 Å². The number of esters is 1. The molecule has 1 N–H and O–H groups in total. The Morgan fingerprint density at radius 3 is 1.03 bits per heavy atom. The average Bonchev–Trinajstić information content (AvgIpc) is 3.12. The molecule has 0 rings (SSSR count). The van der Waals surface area contributed by atoms with Crippen molar-refractivity contribution in [2.24, 2.45) is 0 Å². The number of ether oxygens (including phenoxy) is 1. The molecular weight excluding hydrogens is 1130 g/mol. The van der Waals surface area contributed by atoms with Gasteiger partial charge in [-0.3, -0.25) is 14.2 Å². The van der Waals surface area contributed by atoms with Crippen molar-refractivity contribution in [3.8, 4) is 0 Å². The third kappa shape index (κ3) is 70.3. The summed E-state index contributed by atoms with van der Waals surface area (Å²) in [6, 6.07) is -0.887. The predicted molar refractivity (Wildman–Crippen MR) is 390 cm³/mol. The van der Waals surface area contributed by atoms with Crippen LogP contribution in [0.4, 0.5) is 0 Å². The van der Waals surface area contributed by atoms with Gasteiger partial charge in [-0.1, -0.05) is 365 Å². The molecule has 90 heavy (non-hydrogen) atoms. The van der Waals surface area contributed by atoms with Crippen molar-refractivity contribution in [3.63, 3.8) is 0 Å². The lowest BCUT2D eigenvalue weighted by atomic mass is 10.0. The molecule has 0 aromatic carbocycles. The Kier molecular flexibility index (Phi) is 68.2. The Hall–Kier alpha value is -2.03. The second kappa shape index (κ2) is 69.8. The second-order valence-electron chi connectivity index (χ2n) is 28.2. The van der Waals surface area contributed by atoms with E-state index in [2.05, 4.69) is 62.5 Å². The molecule has 3 atom stereocenters. The number of rotatable bonds is 73. The molecule has 10 heteroatoms. The van der Waals surface area contributed by atoms with Gasteiger partial charge in [-0.05, 0) is 70.3 Å². The average molecular weight is 1290 g/mol. The minimum atomic E-state index is -4.71. The minimum Gasteiger partial charge on any atom is -0.756 e. The molecule has 0 aromatic heterocycles. The normalized spacial score (nSPS) is 13.6. The van der Waals surface area contributed by atoms with Gasteiger partial charge in [0, 0.05) is 12.8 Å². The molecule has 0 aliphatic carbocycles. The number of nitrogens with one attached hydrogen (secondary N) is 1. The molecule has 0 saturated heterocycles. The number of allylic oxidation sites excluding steroid dienone is 7. The molecule has 3 unspecified atom stereocenters. The highest BCUT2D eigenvalue weighted by atomic mass is 31.2. The van der Waals surface area contributed by atoms with Crippen LogP contribution in [0.25, 0.3) is 0 Å². The number of hydrogen-bond donors (Lipinski definition) is 1. The molecule has 0 saturated carbocycles. The van der Waals surface area contributed by atoms with E-state index in [1.54, 1.807) is 0 Å². The first-order valence-electron chi connectivity index (χ1n) is 39.4. The maximum absolute atomic E-state index is 13.6. The highest BCUT2D eigenvalue weighted by Gasteiger charge is 2.27. The number of amides is 1. The fourth-order valence-electron chi connectivity index (χ4n) is 11.9. The Bertz CT molecular complexity index is 1680. The largest absolute Gasteiger partial charge is 0.756 e. The zero-order valence-electron chi connectivity index (χ0n) is 60.9. The van der Waals surface area contributed by atoms with Crippen molar-refractivity contribution in [1.82, 2.24) is 5.32 Å². The Morgan fingerprint density at radius 1 is 0.389 bits per heavy atom. The monoisotopic (exact) mass is 1290 g/mol. The van der Waals surface area contributed by atoms with Gasteiger partial charge in [0.15, 0.2) is 0 Å². The maximum atomic E-state index is 13.6. The summed E-state index contributed by atoms with van der Waals surface area (Å²) in [4.78, 5) is 40.3. The van der Waals surface area contributed by atoms with Crippen LogP contribution < -0.4 is 10.2 Å². The summed E-state index contributed by atoms with van der Waals surface area (Å²) in [6.07, 6.45) is 89.7. The molecule has 530 valence electrons. The standard InChI is InChI=1S/C80H153N2O7P/c1-7-10-13-16-19-22-25-28-30-32-34-36-38-40-41-43-45-47-49-51-53-55-58-61-64-67-70-73-80(84)89-78(71-68-65-62-59-56-27-24-21-18-15-12-9-3)77(76-88-90(85,86)87-75-74-82(4,5)6)81-79(83)72-69-66-63-60-57-54-52-50-48-46-44-42-39-37-35-33-31-29-26-23-20-17-14-11-8-2/h19,22,28,30,34,36,68,71,77-78H,7-18,20-21,23-27,29,31-33,35,37-67,69-70,72-76H2,1-6H3,(H-,81,83,85,86)/b22-19-,30-28-,36-34-,71-68+. The highest BCUT2D eigenvalue weighted by molar-refractivity contribution is 7.45. The number of unbranched alkanes of at least 4 members (excludes halogenated alkanes) is 51. The van der Waals surface area contributed by atoms with Crippen LogP contribution in [0.15, 0.2) is 48.6 Å². The summed E-state index contributed by atoms with van der Waals surface area (Å²) in [7, 11) is 1.20. The van der Waals surface area contributed by atoms with Crippen molar-refractivity contribution in [1.29, 1.82) is 0 Å². The number of nitrogens with zero attached hydrogens (tertiary/aromatic N) is 1. The van der Waals surface area contributed by atoms with Gasteiger partial charge in [0.1, 0.15) is 19.3 Å². The summed E-state index contributed by atoms with van der Waals surface area (Å²) in [5.41, 5.74) is 0. The van der Waals surface area contributed by atoms with Crippen LogP contribution in [0.3, 0.4) is 0 Å². The smallest absolute Gasteiger partial charge is 0.306 e. The van der Waals surface area contributed by atoms with Crippen molar-refractivity contribution >= 4 is 19.7 Å². The summed E-state index contributed by atoms with van der Waals surface area (Å²) in [5.74, 6) is -0.519. The SMILES string of the molecule is CCCCC/C=C\C/C=C\C/C=C\CCCCCCCCCCCCCCCCC(=O)OC(/C=C/CCCCCCCCCCCC)C(COP(=O)([O-])OCC[N+](C)(C)C)NC(=O)CCCCCCCCCCCCCCCCCCCCCCCCCCC. The van der Waals surface area contributed by atoms with E-state index in [-0.39, 0.29) is 31.5 Å². The Morgan fingerprint density at radius 2 is 0.678 bits per heavy atom. The summed E-state index contributed by atoms with van der Waals surface area (Å²) in [5, 5.41) is 3.06. The van der Waals surface area contributed by atoms with Crippen LogP contribution in [0, 0.1) is 0 Å². The van der Waals surface area contributed by atoms with E-state index in [1.807, 2.05) is 33.3 Å². The van der Waals surface area contributed by atoms with Gasteiger partial charge in [0.25, 0.3) is 7.82 Å². The van der Waals surface area contributed by atoms with Crippen LogP contribution in [-0.4, -0.2) is 69.4 Å². The zero-order valence-corrected chi connectivity index (χ0v) is 61.8. The molecular formula is C80H153N2O7P. The van der Waals surface area contributed by atoms with E-state index in [4.69, 9.17) is 13.8 Å². The van der Waals surface area contributed by atoms with E-state index in [1.165, 1.54) is 295 Å². The molecule has 0 spiro atoms. The van der Waals surface area contributed by atoms with Crippen LogP contribution in [-0.2, 0) is 27.9 Å². The number of carbonyl (C=O) groups excluding carboxylic acids is 2. The van der Waals surface area contributed by atoms with Crippen molar-refractivity contribution in [2.75, 3.05) is 40.9 Å². The van der Waals surface area contributed by atoms with Crippen LogP contribution >= 0.6 is 7.82 Å². The number of quaternary nitrogens is 1. The number of hydrogen-bond acceptors (Lipinski definition) is 7. The lowest BCUT2D eigenvalue weighted by molar-refractivity contribution is -0.870. The van der Waals surface area contributed by atoms with Gasteiger partial charge in [-0.2, -0.15) is 0 Å². The summed E-state index contributed by atoms with van der Waals surface area (Å²) >= 11 is 0. The first-order valence-corrected chi connectivity index (χ1v) is 40.9. The number of likely N-dealkylation sites (N-methyl/N-ethyl adjacent to an activating group) is 1. The molecule has 0 heterocycles. The van der Waals surface area contributed by atoms with Crippen LogP contribution in [0.2, 0.25) is 0 Å². The van der Waals surface area contributed by atoms with E-state index < -0.39 is 20.0 Å². The first-order chi connectivity index (χ1) is 43.9. The van der Waals surface area contributed by atoms with Crippen molar-refractivity contribution < 1.29 is 37.3 Å². The second-order valence-corrected chi connectivity index (χ2v) is 29.6. The predicted octanol–water partition coefficient (Wildman–Crippen LogP) is 24.9. The maximum Gasteiger partial charge on any atom is 0.306 e. The summed E-state index contributed by atoms with van der Waals surface area (Å²) in [6.45, 7) is 6.89. The molecule has 0 aliphatic heterocycles. The lowest BCUT2D eigenvalue weighted by Crippen LogP contribution is -2.47. The summed E-state index contributed by atoms with van der Waals surface area (Å²) < 4.78 is 30.5. The van der Waals surface area contributed by atoms with Gasteiger partial charge in [0.05, 0.1) is 33.8 Å².